The molecule has 6 fully saturated rings. The zero-order chi connectivity index (χ0) is 51.1. The number of allylic oxidation sites excluding steroid dienone is 1. The molecule has 18 heteroatoms. The molecule has 0 aromatic rings. The van der Waals surface area contributed by atoms with E-state index < -0.39 is 101 Å². The van der Waals surface area contributed by atoms with E-state index >= 15 is 0 Å². The quantitative estimate of drug-likeness (QED) is 0.106. The average molecular weight is 990 g/mol. The van der Waals surface area contributed by atoms with Crippen molar-refractivity contribution in [3.05, 3.63) is 11.6 Å². The Hall–Kier alpha value is -3.04. The summed E-state index contributed by atoms with van der Waals surface area (Å²) >= 11 is 0. The maximum absolute atomic E-state index is 14.4. The molecule has 1 aliphatic carbocycles. The van der Waals surface area contributed by atoms with Crippen molar-refractivity contribution >= 4 is 35.0 Å². The summed E-state index contributed by atoms with van der Waals surface area (Å²) in [7, 11) is 1.54. The van der Waals surface area contributed by atoms with E-state index in [-0.39, 0.29) is 104 Å². The Morgan fingerprint density at radius 2 is 1.59 bits per heavy atom. The number of carbonyl (C=O) groups is 6. The Kier molecular flexibility index (Phi) is 17.4. The van der Waals surface area contributed by atoms with Gasteiger partial charge in [-0.15, -0.1) is 0 Å². The lowest BCUT2D eigenvalue weighted by molar-refractivity contribution is -0.266. The molecule has 21 atom stereocenters. The van der Waals surface area contributed by atoms with Gasteiger partial charge in [0.05, 0.1) is 24.4 Å². The summed E-state index contributed by atoms with van der Waals surface area (Å²) in [6.07, 6.45) is -2.58. The average Bonchev–Trinajstić information content (AvgIpc) is 4.25. The van der Waals surface area contributed by atoms with Crippen LogP contribution in [0.15, 0.2) is 11.6 Å². The van der Waals surface area contributed by atoms with E-state index in [9.17, 15) is 54.3 Å². The largest absolute Gasteiger partial charge is 0.460 e. The monoisotopic (exact) mass is 990 g/mol. The van der Waals surface area contributed by atoms with Crippen molar-refractivity contribution in [2.24, 2.45) is 41.4 Å². The highest BCUT2D eigenvalue weighted by atomic mass is 16.7. The number of rotatable bonds is 7. The number of epoxide rings is 3. The molecule has 5 N–H and O–H groups in total. The van der Waals surface area contributed by atoms with E-state index in [2.05, 4.69) is 0 Å². The lowest BCUT2D eigenvalue weighted by Gasteiger charge is -2.42. The van der Waals surface area contributed by atoms with Crippen LogP contribution in [0.3, 0.4) is 0 Å². The Morgan fingerprint density at radius 3 is 2.29 bits per heavy atom. The molecule has 0 aromatic heterocycles. The van der Waals surface area contributed by atoms with Gasteiger partial charge in [0.15, 0.2) is 5.78 Å². The molecule has 18 nitrogen and oxygen atoms in total. The Morgan fingerprint density at radius 1 is 0.886 bits per heavy atom. The molecule has 6 aliphatic heterocycles. The first-order valence-electron chi connectivity index (χ1n) is 25.9. The number of nitrogens with zero attached hydrogens (tertiary/aromatic N) is 1. The standard InChI is InChI=1S/C52H79NO17/c1-25-19-27(3)40(58)42(60)41(59)28(4)20-29(5)43-44(67-43)45-46(68-45)48-51(7,70-48)39(57)23-32-14-12-30(6)52(64,69-32)47(61)49(62)53-17-10-9-11-34(53)50(63)66-37(24-36(25)56)26(2)21-31-13-15-33(35(55)16-18-54)38(22-31)65-8/h19,25-26,28-34,37-40,42-46,48,54,57-58,60,64H,9-18,20-24H2,1-8H3/b27-19+/t25-,26-,28-,29-,30-,31+,32+,33+,34+,37+,38-,39?,40-,42?,43?,44?,45?,46?,48?,51?,52-/m1/s1. The fourth-order valence-corrected chi connectivity index (χ4v) is 12.2. The third-order valence-electron chi connectivity index (χ3n) is 17.1. The van der Waals surface area contributed by atoms with Gasteiger partial charge in [0, 0.05) is 63.2 Å². The maximum Gasteiger partial charge on any atom is 0.329 e. The summed E-state index contributed by atoms with van der Waals surface area (Å²) in [5, 5.41) is 55.3. The van der Waals surface area contributed by atoms with Gasteiger partial charge in [-0.1, -0.05) is 40.7 Å². The van der Waals surface area contributed by atoms with E-state index in [1.165, 1.54) is 13.0 Å². The molecule has 7 aliphatic rings. The molecule has 1 saturated carbocycles. The summed E-state index contributed by atoms with van der Waals surface area (Å²) < 4.78 is 36.2. The van der Waals surface area contributed by atoms with Crippen LogP contribution >= 0.6 is 0 Å². The van der Waals surface area contributed by atoms with E-state index in [1.54, 1.807) is 34.8 Å². The molecular formula is C52H79NO17. The topological polar surface area (TPSA) is 272 Å². The normalized spacial score (nSPS) is 46.0. The molecule has 7 rings (SSSR count). The highest BCUT2D eigenvalue weighted by molar-refractivity contribution is 6.39. The number of fused-ring (bicyclic) bond motifs is 8. The zero-order valence-corrected chi connectivity index (χ0v) is 42.2. The van der Waals surface area contributed by atoms with E-state index in [0.29, 0.717) is 57.8 Å². The minimum Gasteiger partial charge on any atom is -0.460 e. The van der Waals surface area contributed by atoms with E-state index in [4.69, 9.17) is 28.4 Å². The minimum absolute atomic E-state index is 0.00698. The van der Waals surface area contributed by atoms with Crippen molar-refractivity contribution in [3.63, 3.8) is 0 Å². The van der Waals surface area contributed by atoms with Crippen LogP contribution in [-0.2, 0) is 57.2 Å². The first-order chi connectivity index (χ1) is 33.0. The number of amides is 1. The molecule has 0 aromatic carbocycles. The molecule has 8 unspecified atom stereocenters. The van der Waals surface area contributed by atoms with Crippen molar-refractivity contribution in [1.82, 2.24) is 4.90 Å². The zero-order valence-electron chi connectivity index (χ0n) is 42.2. The first kappa shape index (κ1) is 54.7. The molecular weight excluding hydrogens is 911 g/mol. The molecule has 70 heavy (non-hydrogen) atoms. The second kappa shape index (κ2) is 22.2. The van der Waals surface area contributed by atoms with Crippen LogP contribution in [0.4, 0.5) is 0 Å². The molecule has 0 spiro atoms. The first-order valence-corrected chi connectivity index (χ1v) is 25.9. The summed E-state index contributed by atoms with van der Waals surface area (Å²) in [6.45, 7) is 11.8. The van der Waals surface area contributed by atoms with Crippen molar-refractivity contribution in [1.29, 1.82) is 0 Å². The SMILES string of the molecule is CO[C@@H]1C[C@H](C[C@@H](C)[C@@H]2CC(=O)[C@H](C)/C=C(\C)[C@@H](O)C(O)C(=O)[C@H](C)C[C@@H](C)C3OC3C3OC3C3OC3(C)C(O)C[C@@H]3CC[C@@H](C)[C@@](O)(O3)C(=O)C(=O)N3CCCC[C@H]3C(=O)O2)CC[C@H]1C(=O)CCO. The predicted molar refractivity (Wildman–Crippen MR) is 248 cm³/mol. The molecule has 5 saturated heterocycles. The maximum atomic E-state index is 14.4. The number of hydrogen-bond donors (Lipinski definition) is 5. The van der Waals surface area contributed by atoms with Crippen LogP contribution in [0.1, 0.15) is 132 Å². The highest BCUT2D eigenvalue weighted by Crippen LogP contribution is 2.54. The third kappa shape index (κ3) is 11.7. The van der Waals surface area contributed by atoms with Gasteiger partial charge in [-0.2, -0.15) is 0 Å². The Bertz CT molecular complexity index is 1980. The molecule has 2 bridgehead atoms. The summed E-state index contributed by atoms with van der Waals surface area (Å²) in [6, 6.07) is -1.22. The van der Waals surface area contributed by atoms with Gasteiger partial charge in [-0.25, -0.2) is 4.79 Å². The van der Waals surface area contributed by atoms with Crippen LogP contribution in [-0.4, -0.2) is 170 Å². The minimum atomic E-state index is -2.55. The smallest absolute Gasteiger partial charge is 0.329 e. The summed E-state index contributed by atoms with van der Waals surface area (Å²) in [4.78, 5) is 84.7. The lowest BCUT2D eigenvalue weighted by atomic mass is 9.73. The molecule has 0 radical (unpaired) electrons. The summed E-state index contributed by atoms with van der Waals surface area (Å²) in [5.41, 5.74) is -0.810. The van der Waals surface area contributed by atoms with Crippen molar-refractivity contribution < 1.29 is 82.7 Å². The predicted octanol–water partition coefficient (Wildman–Crippen LogP) is 2.71. The number of aliphatic hydroxyl groups is 5. The Balaban J connectivity index is 1.13. The lowest BCUT2D eigenvalue weighted by Crippen LogP contribution is -2.61. The molecule has 1 amide bonds. The van der Waals surface area contributed by atoms with Gasteiger partial charge in [0.25, 0.3) is 11.7 Å². The fourth-order valence-electron chi connectivity index (χ4n) is 12.2. The number of hydrogen-bond acceptors (Lipinski definition) is 17. The van der Waals surface area contributed by atoms with Crippen LogP contribution < -0.4 is 0 Å². The number of ether oxygens (including phenoxy) is 6. The van der Waals surface area contributed by atoms with Crippen molar-refractivity contribution in [2.75, 3.05) is 20.3 Å². The number of methoxy groups -OCH3 is 1. The van der Waals surface area contributed by atoms with E-state index in [1.807, 2.05) is 13.8 Å². The number of esters is 1. The van der Waals surface area contributed by atoms with Gasteiger partial charge in [-0.05, 0) is 101 Å². The van der Waals surface area contributed by atoms with Gasteiger partial charge in [0.1, 0.15) is 65.9 Å². The van der Waals surface area contributed by atoms with Gasteiger partial charge in [-0.3, -0.25) is 24.0 Å². The van der Waals surface area contributed by atoms with Gasteiger partial charge in [0.2, 0.25) is 5.79 Å². The summed E-state index contributed by atoms with van der Waals surface area (Å²) in [5.74, 6) is -9.84. The van der Waals surface area contributed by atoms with Crippen molar-refractivity contribution in [3.8, 4) is 0 Å². The second-order valence-corrected chi connectivity index (χ2v) is 22.3. The second-order valence-electron chi connectivity index (χ2n) is 22.3. The van der Waals surface area contributed by atoms with Crippen LogP contribution in [0.2, 0.25) is 0 Å². The highest BCUT2D eigenvalue weighted by Gasteiger charge is 2.72. The number of piperidine rings is 1. The van der Waals surface area contributed by atoms with Gasteiger partial charge >= 0.3 is 5.97 Å². The number of aliphatic hydroxyl groups excluding tert-OH is 4. The van der Waals surface area contributed by atoms with Gasteiger partial charge < -0.3 is 58.9 Å². The van der Waals surface area contributed by atoms with Crippen LogP contribution in [0, 0.1) is 41.4 Å². The number of carbonyl (C=O) groups excluding carboxylic acids is 6. The van der Waals surface area contributed by atoms with Crippen LogP contribution in [0.25, 0.3) is 0 Å². The third-order valence-corrected chi connectivity index (χ3v) is 17.1. The number of Topliss-reactive ketones (excluding diaryl/α,β-unsaturated/α-hetero) is 4. The molecule has 6 heterocycles. The number of ketones is 4. The Labute approximate surface area is 411 Å². The van der Waals surface area contributed by atoms with E-state index in [0.717, 1.165) is 4.90 Å². The molecule has 394 valence electrons. The number of cyclic esters (lactones) is 1. The van der Waals surface area contributed by atoms with Crippen molar-refractivity contribution in [2.45, 2.75) is 217 Å². The fraction of sp³-hybridized carbons (Fsp3) is 0.846. The van der Waals surface area contributed by atoms with Crippen LogP contribution in [0.5, 0.6) is 0 Å².